The van der Waals surface area contributed by atoms with Gasteiger partial charge in [-0.2, -0.15) is 0 Å². The van der Waals surface area contributed by atoms with E-state index in [4.69, 9.17) is 0 Å². The maximum absolute atomic E-state index is 13.1. The third-order valence-electron chi connectivity index (χ3n) is 5.55. The summed E-state index contributed by atoms with van der Waals surface area (Å²) in [5.41, 5.74) is 4.90. The molecular weight excluding hydrogens is 444 g/mol. The number of hydrogen-bond donors (Lipinski definition) is 2. The smallest absolute Gasteiger partial charge is 0.261 e. The number of benzene rings is 4. The van der Waals surface area contributed by atoms with Gasteiger partial charge in [0.05, 0.1) is 10.9 Å². The van der Waals surface area contributed by atoms with E-state index in [0.717, 1.165) is 22.3 Å². The highest BCUT2D eigenvalue weighted by Crippen LogP contribution is 2.24. The lowest BCUT2D eigenvalue weighted by molar-refractivity contribution is 0.0943. The van der Waals surface area contributed by atoms with Crippen molar-refractivity contribution in [1.29, 1.82) is 0 Å². The predicted molar refractivity (Wildman–Crippen MR) is 135 cm³/mol. The normalized spacial score (nSPS) is 12.1. The Bertz CT molecular complexity index is 1360. The third kappa shape index (κ3) is 5.53. The quantitative estimate of drug-likeness (QED) is 0.368. The molecule has 0 aliphatic heterocycles. The van der Waals surface area contributed by atoms with Crippen molar-refractivity contribution in [1.82, 2.24) is 5.32 Å². The van der Waals surface area contributed by atoms with Gasteiger partial charge in [-0.1, -0.05) is 77.9 Å². The zero-order valence-corrected chi connectivity index (χ0v) is 19.8. The van der Waals surface area contributed by atoms with Crippen molar-refractivity contribution in [3.63, 3.8) is 0 Å². The Labute approximate surface area is 200 Å². The van der Waals surface area contributed by atoms with Crippen LogP contribution in [0.15, 0.2) is 108 Å². The highest BCUT2D eigenvalue weighted by atomic mass is 32.2. The summed E-state index contributed by atoms with van der Waals surface area (Å²) in [6.07, 6.45) is 0. The molecule has 0 aliphatic carbocycles. The molecule has 0 aromatic heterocycles. The molecule has 0 unspecified atom stereocenters. The fraction of sp³-hybridized carbons (Fsp3) is 0.107. The number of sulfonamides is 1. The van der Waals surface area contributed by atoms with Crippen molar-refractivity contribution in [2.75, 3.05) is 4.72 Å². The first-order chi connectivity index (χ1) is 16.3. The number of rotatable bonds is 7. The Morgan fingerprint density at radius 3 is 1.79 bits per heavy atom. The van der Waals surface area contributed by atoms with Crippen LogP contribution in [0.2, 0.25) is 0 Å². The van der Waals surface area contributed by atoms with Gasteiger partial charge in [0.15, 0.2) is 0 Å². The standard InChI is InChI=1S/C28H26N2O3S/c1-20-8-12-23(13-9-20)27(22-6-4-3-5-7-22)29-28(31)24-14-16-25(17-15-24)30-34(32,33)26-18-10-21(2)11-19-26/h3-19,27,30H,1-2H3,(H,29,31)/t27-/m0/s1. The summed E-state index contributed by atoms with van der Waals surface area (Å²) in [5.74, 6) is -0.248. The third-order valence-corrected chi connectivity index (χ3v) is 6.95. The van der Waals surface area contributed by atoms with Crippen molar-refractivity contribution >= 4 is 21.6 Å². The molecule has 0 saturated carbocycles. The minimum Gasteiger partial charge on any atom is -0.341 e. The van der Waals surface area contributed by atoms with Crippen LogP contribution in [-0.4, -0.2) is 14.3 Å². The summed E-state index contributed by atoms with van der Waals surface area (Å²) < 4.78 is 27.8. The minimum absolute atomic E-state index is 0.184. The van der Waals surface area contributed by atoms with Gasteiger partial charge < -0.3 is 5.32 Å². The van der Waals surface area contributed by atoms with E-state index in [0.29, 0.717) is 11.3 Å². The van der Waals surface area contributed by atoms with Gasteiger partial charge in [-0.05, 0) is 61.4 Å². The molecule has 4 aromatic carbocycles. The van der Waals surface area contributed by atoms with Crippen LogP contribution < -0.4 is 10.0 Å². The van der Waals surface area contributed by atoms with Gasteiger partial charge in [0.1, 0.15) is 0 Å². The Morgan fingerprint density at radius 1 is 0.676 bits per heavy atom. The second kappa shape index (κ2) is 9.93. The minimum atomic E-state index is -3.71. The summed E-state index contributed by atoms with van der Waals surface area (Å²) in [7, 11) is -3.71. The fourth-order valence-electron chi connectivity index (χ4n) is 3.60. The summed E-state index contributed by atoms with van der Waals surface area (Å²) >= 11 is 0. The van der Waals surface area contributed by atoms with Crippen LogP contribution in [0.25, 0.3) is 0 Å². The lowest BCUT2D eigenvalue weighted by Crippen LogP contribution is -2.29. The molecule has 34 heavy (non-hydrogen) atoms. The largest absolute Gasteiger partial charge is 0.341 e. The second-order valence-corrected chi connectivity index (χ2v) is 9.91. The molecule has 0 bridgehead atoms. The summed E-state index contributed by atoms with van der Waals surface area (Å²) in [4.78, 5) is 13.3. The van der Waals surface area contributed by atoms with Crippen LogP contribution in [0.4, 0.5) is 5.69 Å². The molecule has 0 heterocycles. The first-order valence-electron chi connectivity index (χ1n) is 10.9. The molecule has 0 fully saturated rings. The molecule has 0 spiro atoms. The number of carbonyl (C=O) groups excluding carboxylic acids is 1. The topological polar surface area (TPSA) is 75.3 Å². The van der Waals surface area contributed by atoms with Crippen molar-refractivity contribution < 1.29 is 13.2 Å². The Hall–Kier alpha value is -3.90. The summed E-state index contributed by atoms with van der Waals surface area (Å²) in [5, 5.41) is 3.11. The molecular formula is C28H26N2O3S. The van der Waals surface area contributed by atoms with Crippen LogP contribution in [0, 0.1) is 13.8 Å². The van der Waals surface area contributed by atoms with Gasteiger partial charge in [-0.15, -0.1) is 0 Å². The number of aryl methyl sites for hydroxylation is 2. The monoisotopic (exact) mass is 470 g/mol. The predicted octanol–water partition coefficient (Wildman–Crippen LogP) is 5.62. The zero-order chi connectivity index (χ0) is 24.1. The van der Waals surface area contributed by atoms with Crippen LogP contribution in [-0.2, 0) is 10.0 Å². The lowest BCUT2D eigenvalue weighted by atomic mass is 9.97. The van der Waals surface area contributed by atoms with Crippen LogP contribution in [0.1, 0.15) is 38.7 Å². The first kappa shape index (κ1) is 23.3. The maximum Gasteiger partial charge on any atom is 0.261 e. The molecule has 1 atom stereocenters. The molecule has 4 rings (SSSR count). The Morgan fingerprint density at radius 2 is 1.21 bits per heavy atom. The Balaban J connectivity index is 1.52. The lowest BCUT2D eigenvalue weighted by Gasteiger charge is -2.20. The van der Waals surface area contributed by atoms with Crippen LogP contribution in [0.3, 0.4) is 0 Å². The van der Waals surface area contributed by atoms with Crippen LogP contribution in [0.5, 0.6) is 0 Å². The molecule has 0 radical (unpaired) electrons. The number of carbonyl (C=O) groups is 1. The molecule has 0 saturated heterocycles. The van der Waals surface area contributed by atoms with Crippen LogP contribution >= 0.6 is 0 Å². The van der Waals surface area contributed by atoms with Crippen molar-refractivity contribution in [2.45, 2.75) is 24.8 Å². The van der Waals surface area contributed by atoms with Gasteiger partial charge in [0.25, 0.3) is 15.9 Å². The Kier molecular flexibility index (Phi) is 6.80. The number of hydrogen-bond acceptors (Lipinski definition) is 3. The van der Waals surface area contributed by atoms with E-state index in [9.17, 15) is 13.2 Å². The molecule has 172 valence electrons. The number of nitrogens with one attached hydrogen (secondary N) is 2. The zero-order valence-electron chi connectivity index (χ0n) is 19.0. The molecule has 0 aliphatic rings. The van der Waals surface area contributed by atoms with E-state index >= 15 is 0 Å². The first-order valence-corrected chi connectivity index (χ1v) is 12.4. The summed E-state index contributed by atoms with van der Waals surface area (Å²) in [6, 6.07) is 30.6. The van der Waals surface area contributed by atoms with E-state index in [1.54, 1.807) is 48.5 Å². The molecule has 5 nitrogen and oxygen atoms in total. The van der Waals surface area contributed by atoms with Gasteiger partial charge in [-0.3, -0.25) is 9.52 Å². The van der Waals surface area contributed by atoms with Crippen molar-refractivity contribution in [2.24, 2.45) is 0 Å². The highest BCUT2D eigenvalue weighted by Gasteiger charge is 2.18. The van der Waals surface area contributed by atoms with E-state index in [-0.39, 0.29) is 16.8 Å². The van der Waals surface area contributed by atoms with Crippen molar-refractivity contribution in [3.05, 3.63) is 131 Å². The van der Waals surface area contributed by atoms with E-state index < -0.39 is 10.0 Å². The van der Waals surface area contributed by atoms with Crippen molar-refractivity contribution in [3.8, 4) is 0 Å². The second-order valence-electron chi connectivity index (χ2n) is 8.22. The van der Waals surface area contributed by atoms with Gasteiger partial charge in [-0.25, -0.2) is 8.42 Å². The van der Waals surface area contributed by atoms with Gasteiger partial charge in [0, 0.05) is 11.3 Å². The average Bonchev–Trinajstić information content (AvgIpc) is 2.84. The van der Waals surface area contributed by atoms with E-state index in [2.05, 4.69) is 10.0 Å². The maximum atomic E-state index is 13.1. The summed E-state index contributed by atoms with van der Waals surface area (Å²) in [6.45, 7) is 3.92. The van der Waals surface area contributed by atoms with Gasteiger partial charge >= 0.3 is 0 Å². The van der Waals surface area contributed by atoms with E-state index in [1.807, 2.05) is 68.4 Å². The fourth-order valence-corrected chi connectivity index (χ4v) is 4.66. The highest BCUT2D eigenvalue weighted by molar-refractivity contribution is 7.92. The SMILES string of the molecule is Cc1ccc([C@@H](NC(=O)c2ccc(NS(=O)(=O)c3ccc(C)cc3)cc2)c2ccccc2)cc1. The molecule has 1 amide bonds. The number of amides is 1. The average molecular weight is 471 g/mol. The molecule has 4 aromatic rings. The van der Waals surface area contributed by atoms with E-state index in [1.165, 1.54) is 0 Å². The molecule has 6 heteroatoms. The molecule has 2 N–H and O–H groups in total. The van der Waals surface area contributed by atoms with Gasteiger partial charge in [0.2, 0.25) is 0 Å². The number of anilines is 1.